The minimum absolute atomic E-state index is 0.0873. The van der Waals surface area contributed by atoms with Crippen LogP contribution in [0.2, 0.25) is 0 Å². The summed E-state index contributed by atoms with van der Waals surface area (Å²) >= 11 is 0.813. The first-order valence-corrected chi connectivity index (χ1v) is 12.0. The number of amides is 2. The summed E-state index contributed by atoms with van der Waals surface area (Å²) in [5, 5.41) is 6.72. The molecule has 1 unspecified atom stereocenters. The molecule has 3 heterocycles. The molecule has 4 rings (SSSR count). The molecular formula is C24H25F4N3O3S. The first kappa shape index (κ1) is 25.0. The van der Waals surface area contributed by atoms with Crippen molar-refractivity contribution in [2.45, 2.75) is 44.3 Å². The lowest BCUT2D eigenvalue weighted by Gasteiger charge is -2.32. The molecule has 0 saturated carbocycles. The SMILES string of the molecule is CC1=CCC(C2NC(C(=O)N3CCCC(F)(F)C3)=CO2)=CC=C1CNC(=O)C(F)(F)c1cccs1. The molecule has 2 aliphatic heterocycles. The number of ether oxygens (including phenoxy) is 1. The summed E-state index contributed by atoms with van der Waals surface area (Å²) in [5.41, 5.74) is 2.30. The van der Waals surface area contributed by atoms with Crippen molar-refractivity contribution in [3.05, 3.63) is 69.3 Å². The van der Waals surface area contributed by atoms with Crippen LogP contribution in [-0.2, 0) is 20.2 Å². The third-order valence-electron chi connectivity index (χ3n) is 6.06. The van der Waals surface area contributed by atoms with E-state index in [1.807, 2.05) is 6.08 Å². The van der Waals surface area contributed by atoms with Crippen LogP contribution in [0.3, 0.4) is 0 Å². The van der Waals surface area contributed by atoms with Crippen LogP contribution >= 0.6 is 11.3 Å². The number of thiophene rings is 1. The van der Waals surface area contributed by atoms with Crippen molar-refractivity contribution in [1.82, 2.24) is 15.5 Å². The van der Waals surface area contributed by atoms with Crippen molar-refractivity contribution in [2.24, 2.45) is 0 Å². The molecule has 1 atom stereocenters. The number of nitrogens with one attached hydrogen (secondary N) is 2. The van der Waals surface area contributed by atoms with E-state index in [0.717, 1.165) is 27.4 Å². The van der Waals surface area contributed by atoms with Gasteiger partial charge in [-0.3, -0.25) is 9.59 Å². The predicted molar refractivity (Wildman–Crippen MR) is 123 cm³/mol. The number of rotatable bonds is 6. The fourth-order valence-corrected chi connectivity index (χ4v) is 4.71. The average Bonchev–Trinajstić information content (AvgIpc) is 3.49. The van der Waals surface area contributed by atoms with Gasteiger partial charge in [0.05, 0.1) is 11.4 Å². The van der Waals surface area contributed by atoms with Crippen LogP contribution < -0.4 is 10.6 Å². The summed E-state index contributed by atoms with van der Waals surface area (Å²) in [6.07, 6.45) is 6.31. The Hall–Kier alpha value is -3.08. The number of halogens is 4. The molecule has 188 valence electrons. The van der Waals surface area contributed by atoms with Gasteiger partial charge in [-0.25, -0.2) is 8.78 Å². The lowest BCUT2D eigenvalue weighted by molar-refractivity contribution is -0.146. The van der Waals surface area contributed by atoms with Crippen LogP contribution in [0.1, 0.15) is 31.1 Å². The summed E-state index contributed by atoms with van der Waals surface area (Å²) in [6, 6.07) is 2.68. The molecule has 35 heavy (non-hydrogen) atoms. The first-order valence-electron chi connectivity index (χ1n) is 11.1. The Morgan fingerprint density at radius 2 is 2.14 bits per heavy atom. The summed E-state index contributed by atoms with van der Waals surface area (Å²) in [4.78, 5) is 25.5. The van der Waals surface area contributed by atoms with Crippen LogP contribution in [-0.4, -0.2) is 48.5 Å². The van der Waals surface area contributed by atoms with Gasteiger partial charge in [-0.1, -0.05) is 24.3 Å². The van der Waals surface area contributed by atoms with Crippen LogP contribution in [0.4, 0.5) is 17.6 Å². The smallest absolute Gasteiger partial charge is 0.358 e. The number of likely N-dealkylation sites (tertiary alicyclic amines) is 1. The van der Waals surface area contributed by atoms with E-state index in [0.29, 0.717) is 12.0 Å². The van der Waals surface area contributed by atoms with Gasteiger partial charge >= 0.3 is 5.92 Å². The quantitative estimate of drug-likeness (QED) is 0.562. The van der Waals surface area contributed by atoms with Crippen molar-refractivity contribution in [3.63, 3.8) is 0 Å². The predicted octanol–water partition coefficient (Wildman–Crippen LogP) is 4.20. The second-order valence-corrected chi connectivity index (χ2v) is 9.59. The topological polar surface area (TPSA) is 70.7 Å². The molecule has 1 fully saturated rings. The van der Waals surface area contributed by atoms with Gasteiger partial charge in [0.1, 0.15) is 12.0 Å². The Morgan fingerprint density at radius 3 is 2.86 bits per heavy atom. The van der Waals surface area contributed by atoms with Crippen molar-refractivity contribution in [1.29, 1.82) is 0 Å². The van der Waals surface area contributed by atoms with Crippen molar-refractivity contribution in [2.75, 3.05) is 19.6 Å². The van der Waals surface area contributed by atoms with Crippen LogP contribution in [0.15, 0.2) is 64.4 Å². The number of alkyl halides is 4. The molecule has 3 aliphatic rings. The van der Waals surface area contributed by atoms with Gasteiger partial charge in [-0.15, -0.1) is 11.3 Å². The molecule has 0 bridgehead atoms. The van der Waals surface area contributed by atoms with E-state index < -0.39 is 36.4 Å². The highest BCUT2D eigenvalue weighted by Gasteiger charge is 2.42. The zero-order valence-corrected chi connectivity index (χ0v) is 19.8. The maximum Gasteiger partial charge on any atom is 0.358 e. The number of hydrogen-bond donors (Lipinski definition) is 2. The van der Waals surface area contributed by atoms with Gasteiger partial charge in [-0.05, 0) is 47.9 Å². The highest BCUT2D eigenvalue weighted by Crippen LogP contribution is 2.32. The Kier molecular flexibility index (Phi) is 7.07. The molecule has 2 N–H and O–H groups in total. The average molecular weight is 512 g/mol. The fourth-order valence-electron chi connectivity index (χ4n) is 4.00. The highest BCUT2D eigenvalue weighted by atomic mass is 32.1. The van der Waals surface area contributed by atoms with E-state index in [-0.39, 0.29) is 36.5 Å². The van der Waals surface area contributed by atoms with Gasteiger partial charge in [0.15, 0.2) is 6.23 Å². The third-order valence-corrected chi connectivity index (χ3v) is 7.00. The van der Waals surface area contributed by atoms with Crippen molar-refractivity contribution < 1.29 is 31.9 Å². The van der Waals surface area contributed by atoms with E-state index in [1.54, 1.807) is 19.1 Å². The fraction of sp³-hybridized carbons (Fsp3) is 0.417. The molecular weight excluding hydrogens is 486 g/mol. The highest BCUT2D eigenvalue weighted by molar-refractivity contribution is 7.10. The number of allylic oxidation sites excluding steroid dienone is 3. The van der Waals surface area contributed by atoms with Crippen LogP contribution in [0, 0.1) is 0 Å². The summed E-state index contributed by atoms with van der Waals surface area (Å²) in [6.45, 7) is 1.35. The largest absolute Gasteiger partial charge is 0.472 e. The Labute approximate surface area is 204 Å². The summed E-state index contributed by atoms with van der Waals surface area (Å²) < 4.78 is 61.6. The van der Waals surface area contributed by atoms with Crippen LogP contribution in [0.25, 0.3) is 0 Å². The van der Waals surface area contributed by atoms with Crippen molar-refractivity contribution >= 4 is 23.2 Å². The zero-order chi connectivity index (χ0) is 25.2. The van der Waals surface area contributed by atoms with Crippen molar-refractivity contribution in [3.8, 4) is 0 Å². The van der Waals surface area contributed by atoms with Gasteiger partial charge in [0, 0.05) is 19.5 Å². The number of carbonyl (C=O) groups excluding carboxylic acids is 2. The van der Waals surface area contributed by atoms with E-state index in [4.69, 9.17) is 4.74 Å². The number of nitrogens with zero attached hydrogens (tertiary/aromatic N) is 1. The monoisotopic (exact) mass is 511 g/mol. The molecule has 6 nitrogen and oxygen atoms in total. The second-order valence-electron chi connectivity index (χ2n) is 8.64. The maximum atomic E-state index is 14.3. The van der Waals surface area contributed by atoms with Gasteiger partial charge in [0.2, 0.25) is 0 Å². The molecule has 1 aromatic heterocycles. The first-order chi connectivity index (χ1) is 16.6. The minimum Gasteiger partial charge on any atom is -0.472 e. The molecule has 2 amide bonds. The molecule has 1 aromatic rings. The minimum atomic E-state index is -3.62. The lowest BCUT2D eigenvalue weighted by atomic mass is 10.1. The molecule has 0 spiro atoms. The van der Waals surface area contributed by atoms with E-state index in [2.05, 4.69) is 10.6 Å². The maximum absolute atomic E-state index is 14.3. The van der Waals surface area contributed by atoms with Gasteiger partial charge in [-0.2, -0.15) is 8.78 Å². The normalized spacial score (nSPS) is 22.1. The number of hydrogen-bond acceptors (Lipinski definition) is 5. The third kappa shape index (κ3) is 5.61. The summed E-state index contributed by atoms with van der Waals surface area (Å²) in [7, 11) is 0. The molecule has 1 aliphatic carbocycles. The molecule has 1 saturated heterocycles. The number of piperidine rings is 1. The zero-order valence-electron chi connectivity index (χ0n) is 19.0. The van der Waals surface area contributed by atoms with Gasteiger partial charge in [0.25, 0.3) is 17.7 Å². The molecule has 11 heteroatoms. The lowest BCUT2D eigenvalue weighted by Crippen LogP contribution is -2.47. The van der Waals surface area contributed by atoms with E-state index >= 15 is 0 Å². The van der Waals surface area contributed by atoms with Crippen LogP contribution in [0.5, 0.6) is 0 Å². The molecule has 0 aromatic carbocycles. The Balaban J connectivity index is 1.36. The van der Waals surface area contributed by atoms with E-state index in [1.165, 1.54) is 23.8 Å². The van der Waals surface area contributed by atoms with Gasteiger partial charge < -0.3 is 20.3 Å². The standard InChI is InChI=1S/C24H25F4N3O3S/c1-15-5-6-16(7-8-17(15)12-29-22(33)24(27,28)19-4-2-11-35-19)20-30-18(13-34-20)21(32)31-10-3-9-23(25,26)14-31/h2,4-5,7-8,11,13,20,30H,3,6,9-10,12,14H2,1H3,(H,29,33). The molecule has 0 radical (unpaired) electrons. The number of carbonyl (C=O) groups is 2. The Bertz CT molecular complexity index is 1110. The second kappa shape index (κ2) is 9.88. The Morgan fingerprint density at radius 1 is 1.34 bits per heavy atom. The summed E-state index contributed by atoms with van der Waals surface area (Å²) in [5.74, 6) is -8.44. The van der Waals surface area contributed by atoms with E-state index in [9.17, 15) is 27.2 Å².